The van der Waals surface area contributed by atoms with Gasteiger partial charge in [-0.05, 0) is 37.3 Å². The molecule has 4 aromatic rings. The molecule has 1 N–H and O–H groups in total. The molecule has 0 atom stereocenters. The lowest BCUT2D eigenvalue weighted by atomic mass is 10.1. The minimum atomic E-state index is -0.487. The maximum Gasteiger partial charge on any atom is 0.337 e. The highest BCUT2D eigenvalue weighted by Crippen LogP contribution is 2.25. The van der Waals surface area contributed by atoms with Crippen LogP contribution >= 0.6 is 11.8 Å². The fourth-order valence-corrected chi connectivity index (χ4v) is 3.43. The molecule has 146 valence electrons. The first-order chi connectivity index (χ1) is 14.0. The fraction of sp³-hybridized carbons (Fsp3) is 0.150. The number of aryl methyl sites for hydroxylation is 1. The highest BCUT2D eigenvalue weighted by molar-refractivity contribution is 7.98. The van der Waals surface area contributed by atoms with Gasteiger partial charge >= 0.3 is 5.97 Å². The summed E-state index contributed by atoms with van der Waals surface area (Å²) < 4.78 is 10.4. The Labute approximate surface area is 169 Å². The molecule has 0 saturated heterocycles. The van der Waals surface area contributed by atoms with E-state index in [9.17, 15) is 9.59 Å². The van der Waals surface area contributed by atoms with Crippen LogP contribution in [-0.4, -0.2) is 33.2 Å². The van der Waals surface area contributed by atoms with Crippen LogP contribution < -0.4 is 5.56 Å². The van der Waals surface area contributed by atoms with Crippen LogP contribution in [0.15, 0.2) is 56.9 Å². The average molecular weight is 408 g/mol. The SMILES string of the molecule is COC(=O)c1ccc2c(=O)[nH]c(CSc3nnc(-c4cccc(C)c4)o3)nc2c1. The van der Waals surface area contributed by atoms with Crippen LogP contribution in [0.3, 0.4) is 0 Å². The van der Waals surface area contributed by atoms with E-state index in [1.54, 1.807) is 6.07 Å². The Balaban J connectivity index is 1.55. The summed E-state index contributed by atoms with van der Waals surface area (Å²) in [6.45, 7) is 1.99. The number of thioether (sulfide) groups is 1. The van der Waals surface area contributed by atoms with Crippen molar-refractivity contribution < 1.29 is 13.9 Å². The van der Waals surface area contributed by atoms with Gasteiger partial charge in [-0.3, -0.25) is 4.79 Å². The number of benzene rings is 2. The van der Waals surface area contributed by atoms with Crippen LogP contribution in [0, 0.1) is 6.92 Å². The molecule has 4 rings (SSSR count). The minimum Gasteiger partial charge on any atom is -0.465 e. The van der Waals surface area contributed by atoms with Gasteiger partial charge in [0.05, 0.1) is 29.3 Å². The van der Waals surface area contributed by atoms with E-state index in [0.29, 0.717) is 39.2 Å². The van der Waals surface area contributed by atoms with E-state index < -0.39 is 5.97 Å². The first-order valence-corrected chi connectivity index (χ1v) is 9.66. The molecule has 0 aliphatic carbocycles. The summed E-state index contributed by atoms with van der Waals surface area (Å²) in [4.78, 5) is 31.2. The van der Waals surface area contributed by atoms with Gasteiger partial charge in [0.1, 0.15) is 5.82 Å². The third-order valence-corrected chi connectivity index (χ3v) is 5.01. The molecule has 0 aliphatic heterocycles. The van der Waals surface area contributed by atoms with E-state index in [1.807, 2.05) is 31.2 Å². The number of carbonyl (C=O) groups is 1. The maximum atomic E-state index is 12.3. The number of hydrogen-bond donors (Lipinski definition) is 1. The number of methoxy groups -OCH3 is 1. The Bertz CT molecular complexity index is 1260. The van der Waals surface area contributed by atoms with Crippen molar-refractivity contribution in [2.75, 3.05) is 7.11 Å². The zero-order chi connectivity index (χ0) is 20.4. The summed E-state index contributed by atoms with van der Waals surface area (Å²) in [6, 6.07) is 12.4. The van der Waals surface area contributed by atoms with Gasteiger partial charge in [-0.25, -0.2) is 9.78 Å². The van der Waals surface area contributed by atoms with Crippen molar-refractivity contribution in [3.05, 3.63) is 69.8 Å². The molecule has 0 radical (unpaired) electrons. The van der Waals surface area contributed by atoms with Gasteiger partial charge in [0.2, 0.25) is 5.89 Å². The molecule has 9 heteroatoms. The Morgan fingerprint density at radius 2 is 2.07 bits per heavy atom. The van der Waals surface area contributed by atoms with Gasteiger partial charge in [0.15, 0.2) is 0 Å². The smallest absolute Gasteiger partial charge is 0.337 e. The molecule has 29 heavy (non-hydrogen) atoms. The Morgan fingerprint density at radius 1 is 1.21 bits per heavy atom. The first kappa shape index (κ1) is 18.9. The second kappa shape index (κ2) is 7.88. The second-order valence-corrected chi connectivity index (χ2v) is 7.19. The molecular weight excluding hydrogens is 392 g/mol. The number of ether oxygens (including phenoxy) is 1. The van der Waals surface area contributed by atoms with Gasteiger partial charge in [0.25, 0.3) is 10.8 Å². The number of carbonyl (C=O) groups excluding carboxylic acids is 1. The zero-order valence-electron chi connectivity index (χ0n) is 15.6. The van der Waals surface area contributed by atoms with Gasteiger partial charge in [-0.2, -0.15) is 0 Å². The second-order valence-electron chi connectivity index (χ2n) is 6.27. The van der Waals surface area contributed by atoms with Crippen molar-refractivity contribution in [3.63, 3.8) is 0 Å². The largest absolute Gasteiger partial charge is 0.465 e. The van der Waals surface area contributed by atoms with Crippen molar-refractivity contribution in [3.8, 4) is 11.5 Å². The predicted octanol–water partition coefficient (Wildman–Crippen LogP) is 3.36. The molecule has 0 unspecified atom stereocenters. The summed E-state index contributed by atoms with van der Waals surface area (Å²) in [7, 11) is 1.30. The standard InChI is InChI=1S/C20H16N4O4S/c1-11-4-3-5-12(8-11)18-23-24-20(28-18)29-10-16-21-15-9-13(19(26)27-2)6-7-14(15)17(25)22-16/h3-9H,10H2,1-2H3,(H,21,22,25). The molecular formula is C20H16N4O4S. The molecule has 2 aromatic carbocycles. The van der Waals surface area contributed by atoms with Gasteiger partial charge in [-0.15, -0.1) is 10.2 Å². The minimum absolute atomic E-state index is 0.284. The van der Waals surface area contributed by atoms with Crippen molar-refractivity contribution in [2.24, 2.45) is 0 Å². The van der Waals surface area contributed by atoms with Crippen LogP contribution in [0.25, 0.3) is 22.4 Å². The van der Waals surface area contributed by atoms with Crippen LogP contribution in [0.1, 0.15) is 21.7 Å². The number of hydrogen-bond acceptors (Lipinski definition) is 8. The molecule has 0 spiro atoms. The van der Waals surface area contributed by atoms with E-state index in [-0.39, 0.29) is 5.56 Å². The van der Waals surface area contributed by atoms with Crippen molar-refractivity contribution >= 4 is 28.6 Å². The monoisotopic (exact) mass is 408 g/mol. The fourth-order valence-electron chi connectivity index (χ4n) is 2.79. The summed E-state index contributed by atoms with van der Waals surface area (Å²) in [5.41, 5.74) is 2.40. The maximum absolute atomic E-state index is 12.3. The summed E-state index contributed by atoms with van der Waals surface area (Å²) >= 11 is 1.26. The van der Waals surface area contributed by atoms with Crippen molar-refractivity contribution in [1.29, 1.82) is 0 Å². The normalized spacial score (nSPS) is 11.0. The number of nitrogens with zero attached hydrogens (tertiary/aromatic N) is 3. The Morgan fingerprint density at radius 3 is 2.86 bits per heavy atom. The highest BCUT2D eigenvalue weighted by Gasteiger charge is 2.12. The van der Waals surface area contributed by atoms with Crippen LogP contribution in [-0.2, 0) is 10.5 Å². The number of H-pyrrole nitrogens is 1. The van der Waals surface area contributed by atoms with Crippen molar-refractivity contribution in [2.45, 2.75) is 17.9 Å². The zero-order valence-corrected chi connectivity index (χ0v) is 16.4. The van der Waals surface area contributed by atoms with Gasteiger partial charge < -0.3 is 14.1 Å². The molecule has 0 amide bonds. The number of rotatable bonds is 5. The van der Waals surface area contributed by atoms with E-state index in [4.69, 9.17) is 9.15 Å². The molecule has 2 aromatic heterocycles. The summed E-state index contributed by atoms with van der Waals surface area (Å²) in [5, 5.41) is 8.86. The van der Waals surface area contributed by atoms with Crippen LogP contribution in [0.2, 0.25) is 0 Å². The lowest BCUT2D eigenvalue weighted by molar-refractivity contribution is 0.0601. The first-order valence-electron chi connectivity index (χ1n) is 8.68. The molecule has 0 saturated carbocycles. The summed E-state index contributed by atoms with van der Waals surface area (Å²) in [6.07, 6.45) is 0. The number of aromatic nitrogens is 4. The van der Waals surface area contributed by atoms with Crippen molar-refractivity contribution in [1.82, 2.24) is 20.2 Å². The van der Waals surface area contributed by atoms with Gasteiger partial charge in [-0.1, -0.05) is 29.5 Å². The lowest BCUT2D eigenvalue weighted by Gasteiger charge is -2.04. The van der Waals surface area contributed by atoms with E-state index in [1.165, 1.54) is 31.0 Å². The van der Waals surface area contributed by atoms with E-state index in [2.05, 4.69) is 20.2 Å². The van der Waals surface area contributed by atoms with Crippen LogP contribution in [0.4, 0.5) is 0 Å². The molecule has 0 aliphatic rings. The third kappa shape index (κ3) is 4.04. The Hall–Kier alpha value is -3.46. The lowest BCUT2D eigenvalue weighted by Crippen LogP contribution is -2.12. The summed E-state index contributed by atoms with van der Waals surface area (Å²) in [5.74, 6) is 0.700. The third-order valence-electron chi connectivity index (χ3n) is 4.18. The number of aromatic amines is 1. The topological polar surface area (TPSA) is 111 Å². The average Bonchev–Trinajstić information content (AvgIpc) is 3.20. The van der Waals surface area contributed by atoms with E-state index >= 15 is 0 Å². The number of fused-ring (bicyclic) bond motifs is 1. The quantitative estimate of drug-likeness (QED) is 0.395. The molecule has 0 bridgehead atoms. The predicted molar refractivity (Wildman–Crippen MR) is 108 cm³/mol. The van der Waals surface area contributed by atoms with Crippen LogP contribution in [0.5, 0.6) is 0 Å². The highest BCUT2D eigenvalue weighted by atomic mass is 32.2. The number of esters is 1. The molecule has 8 nitrogen and oxygen atoms in total. The van der Waals surface area contributed by atoms with Gasteiger partial charge in [0, 0.05) is 5.56 Å². The van der Waals surface area contributed by atoms with E-state index in [0.717, 1.165) is 11.1 Å². The number of nitrogens with one attached hydrogen (secondary N) is 1. The molecule has 0 fully saturated rings. The molecule has 2 heterocycles. The Kier molecular flexibility index (Phi) is 5.13.